The van der Waals surface area contributed by atoms with Gasteiger partial charge in [-0.2, -0.15) is 0 Å². The topological polar surface area (TPSA) is 86.5 Å². The van der Waals surface area contributed by atoms with Gasteiger partial charge in [0.2, 0.25) is 5.91 Å². The van der Waals surface area contributed by atoms with Gasteiger partial charge in [-0.1, -0.05) is 36.4 Å². The summed E-state index contributed by atoms with van der Waals surface area (Å²) in [6.07, 6.45) is 2.27. The summed E-state index contributed by atoms with van der Waals surface area (Å²) in [6, 6.07) is 16.4. The minimum absolute atomic E-state index is 0.246. The number of hydrogen-bond donors (Lipinski definition) is 3. The fourth-order valence-electron chi connectivity index (χ4n) is 3.42. The van der Waals surface area contributed by atoms with Gasteiger partial charge in [-0.05, 0) is 29.1 Å². The number of carbonyl (C=O) groups is 2. The van der Waals surface area contributed by atoms with Crippen molar-refractivity contribution in [2.75, 3.05) is 31.6 Å². The summed E-state index contributed by atoms with van der Waals surface area (Å²) < 4.78 is 5.30. The largest absolute Gasteiger partial charge is 0.378 e. The first kappa shape index (κ1) is 19.0. The van der Waals surface area contributed by atoms with Crippen molar-refractivity contribution in [1.29, 1.82) is 0 Å². The monoisotopic (exact) mass is 392 g/mol. The molecule has 7 nitrogen and oxygen atoms in total. The number of fused-ring (bicyclic) bond motifs is 1. The summed E-state index contributed by atoms with van der Waals surface area (Å²) in [5.74, 6) is -0.249. The third-order valence-electron chi connectivity index (χ3n) is 5.02. The molecule has 1 saturated heterocycles. The molecule has 0 radical (unpaired) electrons. The number of aromatic amines is 1. The van der Waals surface area contributed by atoms with E-state index < -0.39 is 6.04 Å². The number of nitrogens with one attached hydrogen (secondary N) is 3. The zero-order valence-corrected chi connectivity index (χ0v) is 16.1. The van der Waals surface area contributed by atoms with Gasteiger partial charge in [0.25, 0.3) is 0 Å². The molecule has 4 rings (SSSR count). The highest BCUT2D eigenvalue weighted by Crippen LogP contribution is 2.18. The molecule has 0 unspecified atom stereocenters. The summed E-state index contributed by atoms with van der Waals surface area (Å²) in [4.78, 5) is 30.5. The first-order chi connectivity index (χ1) is 14.2. The molecule has 3 aromatic rings. The van der Waals surface area contributed by atoms with Crippen LogP contribution in [0.3, 0.4) is 0 Å². The Balaban J connectivity index is 1.49. The van der Waals surface area contributed by atoms with E-state index in [1.807, 2.05) is 60.8 Å². The lowest BCUT2D eigenvalue weighted by molar-refractivity contribution is -0.118. The number of rotatable bonds is 5. The van der Waals surface area contributed by atoms with Crippen molar-refractivity contribution in [3.8, 4) is 0 Å². The molecule has 29 heavy (non-hydrogen) atoms. The molecule has 3 amide bonds. The van der Waals surface area contributed by atoms with Crippen LogP contribution in [0.5, 0.6) is 0 Å². The van der Waals surface area contributed by atoms with Crippen molar-refractivity contribution in [3.05, 3.63) is 66.4 Å². The number of benzene rings is 2. The Morgan fingerprint density at radius 2 is 1.86 bits per heavy atom. The Morgan fingerprint density at radius 3 is 2.66 bits per heavy atom. The third kappa shape index (κ3) is 4.75. The summed E-state index contributed by atoms with van der Waals surface area (Å²) in [5.41, 5.74) is 2.61. The number of anilines is 1. The molecule has 0 aliphatic carbocycles. The van der Waals surface area contributed by atoms with E-state index in [0.717, 1.165) is 16.5 Å². The predicted molar refractivity (Wildman–Crippen MR) is 112 cm³/mol. The summed E-state index contributed by atoms with van der Waals surface area (Å²) in [6.45, 7) is 2.07. The molecular weight excluding hydrogens is 368 g/mol. The van der Waals surface area contributed by atoms with Gasteiger partial charge >= 0.3 is 6.03 Å². The molecule has 2 aromatic carbocycles. The quantitative estimate of drug-likeness (QED) is 0.624. The van der Waals surface area contributed by atoms with Gasteiger partial charge in [0.15, 0.2) is 0 Å². The minimum atomic E-state index is -0.688. The molecular formula is C22H24N4O3. The van der Waals surface area contributed by atoms with Crippen LogP contribution in [0.2, 0.25) is 0 Å². The standard InChI is InChI=1S/C22H24N4O3/c27-21(24-18-7-6-17-8-9-23-19(17)15-18)20(14-16-4-2-1-3-5-16)25-22(28)26-10-12-29-13-11-26/h1-9,15,20,23H,10-14H2,(H,24,27)(H,25,28)/t20-/m1/s1. The Kier molecular flexibility index (Phi) is 5.76. The summed E-state index contributed by atoms with van der Waals surface area (Å²) in [5, 5.41) is 6.91. The zero-order valence-electron chi connectivity index (χ0n) is 16.1. The predicted octanol–water partition coefficient (Wildman–Crippen LogP) is 2.76. The lowest BCUT2D eigenvalue weighted by Crippen LogP contribution is -2.53. The van der Waals surface area contributed by atoms with Crippen LogP contribution >= 0.6 is 0 Å². The summed E-state index contributed by atoms with van der Waals surface area (Å²) >= 11 is 0. The fraction of sp³-hybridized carbons (Fsp3) is 0.273. The van der Waals surface area contributed by atoms with Gasteiger partial charge < -0.3 is 25.3 Å². The van der Waals surface area contributed by atoms with Crippen LogP contribution in [0.15, 0.2) is 60.8 Å². The molecule has 0 bridgehead atoms. The first-order valence-corrected chi connectivity index (χ1v) is 9.74. The number of nitrogens with zero attached hydrogens (tertiary/aromatic N) is 1. The van der Waals surface area contributed by atoms with Crippen molar-refractivity contribution in [1.82, 2.24) is 15.2 Å². The van der Waals surface area contributed by atoms with Gasteiger partial charge in [-0.15, -0.1) is 0 Å². The van der Waals surface area contributed by atoms with E-state index in [9.17, 15) is 9.59 Å². The second-order valence-electron chi connectivity index (χ2n) is 7.06. The average molecular weight is 392 g/mol. The van der Waals surface area contributed by atoms with Crippen LogP contribution in [0.25, 0.3) is 10.9 Å². The van der Waals surface area contributed by atoms with Crippen LogP contribution in [0.4, 0.5) is 10.5 Å². The number of morpholine rings is 1. The van der Waals surface area contributed by atoms with Crippen LogP contribution in [0, 0.1) is 0 Å². The zero-order chi connectivity index (χ0) is 20.1. The van der Waals surface area contributed by atoms with Crippen molar-refractivity contribution >= 4 is 28.5 Å². The van der Waals surface area contributed by atoms with E-state index >= 15 is 0 Å². The van der Waals surface area contributed by atoms with Crippen LogP contribution in [-0.2, 0) is 16.0 Å². The maximum atomic E-state index is 13.0. The number of aromatic nitrogens is 1. The average Bonchev–Trinajstić information content (AvgIpc) is 3.22. The van der Waals surface area contributed by atoms with E-state index in [4.69, 9.17) is 4.74 Å². The molecule has 0 saturated carbocycles. The number of H-pyrrole nitrogens is 1. The maximum Gasteiger partial charge on any atom is 0.318 e. The van der Waals surface area contributed by atoms with Gasteiger partial charge in [0, 0.05) is 36.9 Å². The van der Waals surface area contributed by atoms with Crippen molar-refractivity contribution in [3.63, 3.8) is 0 Å². The highest BCUT2D eigenvalue weighted by atomic mass is 16.5. The molecule has 1 atom stereocenters. The Labute approximate surface area is 169 Å². The minimum Gasteiger partial charge on any atom is -0.378 e. The van der Waals surface area contributed by atoms with Gasteiger partial charge in [0.1, 0.15) is 6.04 Å². The third-order valence-corrected chi connectivity index (χ3v) is 5.02. The molecule has 2 heterocycles. The van der Waals surface area contributed by atoms with Crippen LogP contribution in [-0.4, -0.2) is 54.2 Å². The van der Waals surface area contributed by atoms with E-state index in [1.54, 1.807) is 4.90 Å². The van der Waals surface area contributed by atoms with Crippen LogP contribution < -0.4 is 10.6 Å². The number of amides is 3. The molecule has 150 valence electrons. The molecule has 1 fully saturated rings. The molecule has 7 heteroatoms. The van der Waals surface area contributed by atoms with Gasteiger partial charge in [-0.25, -0.2) is 4.79 Å². The van der Waals surface area contributed by atoms with Crippen molar-refractivity contribution in [2.45, 2.75) is 12.5 Å². The SMILES string of the molecule is O=C(Nc1ccc2cc[nH]c2c1)[C@@H](Cc1ccccc1)NC(=O)N1CCOCC1. The highest BCUT2D eigenvalue weighted by molar-refractivity contribution is 5.98. The lowest BCUT2D eigenvalue weighted by Gasteiger charge is -2.29. The number of ether oxygens (including phenoxy) is 1. The second kappa shape index (κ2) is 8.79. The molecule has 1 aromatic heterocycles. The van der Waals surface area contributed by atoms with E-state index in [-0.39, 0.29) is 11.9 Å². The Bertz CT molecular complexity index is 980. The molecule has 1 aliphatic heterocycles. The second-order valence-corrected chi connectivity index (χ2v) is 7.06. The highest BCUT2D eigenvalue weighted by Gasteiger charge is 2.25. The number of hydrogen-bond acceptors (Lipinski definition) is 3. The van der Waals surface area contributed by atoms with E-state index in [0.29, 0.717) is 38.4 Å². The van der Waals surface area contributed by atoms with Crippen molar-refractivity contribution < 1.29 is 14.3 Å². The van der Waals surface area contributed by atoms with E-state index in [1.165, 1.54) is 0 Å². The van der Waals surface area contributed by atoms with Gasteiger partial charge in [-0.3, -0.25) is 4.79 Å². The Hall–Kier alpha value is -3.32. The van der Waals surface area contributed by atoms with Crippen molar-refractivity contribution in [2.24, 2.45) is 0 Å². The Morgan fingerprint density at radius 1 is 1.07 bits per heavy atom. The summed E-state index contributed by atoms with van der Waals surface area (Å²) in [7, 11) is 0. The smallest absolute Gasteiger partial charge is 0.318 e. The molecule has 0 spiro atoms. The number of urea groups is 1. The fourth-order valence-corrected chi connectivity index (χ4v) is 3.42. The van der Waals surface area contributed by atoms with Crippen LogP contribution in [0.1, 0.15) is 5.56 Å². The normalized spacial score (nSPS) is 15.1. The maximum absolute atomic E-state index is 13.0. The first-order valence-electron chi connectivity index (χ1n) is 9.74. The van der Waals surface area contributed by atoms with E-state index in [2.05, 4.69) is 15.6 Å². The molecule has 3 N–H and O–H groups in total. The molecule has 1 aliphatic rings. The lowest BCUT2D eigenvalue weighted by atomic mass is 10.1. The number of carbonyl (C=O) groups excluding carboxylic acids is 2. The van der Waals surface area contributed by atoms with Gasteiger partial charge in [0.05, 0.1) is 13.2 Å².